The van der Waals surface area contributed by atoms with Crippen LogP contribution in [0.2, 0.25) is 0 Å². The number of fused-ring (bicyclic) bond motifs is 1. The zero-order valence-corrected chi connectivity index (χ0v) is 25.0. The molecule has 3 aromatic rings. The summed E-state index contributed by atoms with van der Waals surface area (Å²) in [5, 5.41) is 18.7. The highest BCUT2D eigenvalue weighted by atomic mass is 16.4. The fourth-order valence-electron chi connectivity index (χ4n) is 4.78. The van der Waals surface area contributed by atoms with Crippen LogP contribution in [-0.2, 0) is 32.0 Å². The second-order valence-corrected chi connectivity index (χ2v) is 11.0. The quantitative estimate of drug-likeness (QED) is 0.0649. The summed E-state index contributed by atoms with van der Waals surface area (Å²) in [5.41, 5.74) is 19.4. The van der Waals surface area contributed by atoms with Gasteiger partial charge in [0.2, 0.25) is 17.7 Å². The van der Waals surface area contributed by atoms with Crippen LogP contribution >= 0.6 is 0 Å². The smallest absolute Gasteiger partial charge is 0.326 e. The molecule has 13 nitrogen and oxygen atoms in total. The molecule has 2 aromatic carbocycles. The number of amides is 3. The average molecular weight is 607 g/mol. The maximum atomic E-state index is 13.5. The molecular formula is C31H42N8O5. The first-order valence-electron chi connectivity index (χ1n) is 14.5. The number of hydrogen-bond donors (Lipinski definition) is 8. The minimum Gasteiger partial charge on any atom is -0.480 e. The van der Waals surface area contributed by atoms with E-state index in [0.29, 0.717) is 6.42 Å². The number of aliphatic imine (C=N–C) groups is 1. The summed E-state index contributed by atoms with van der Waals surface area (Å²) in [4.78, 5) is 59.0. The second kappa shape index (κ2) is 16.1. The molecule has 0 aliphatic heterocycles. The van der Waals surface area contributed by atoms with Gasteiger partial charge in [-0.1, -0.05) is 62.4 Å². The summed E-state index contributed by atoms with van der Waals surface area (Å²) < 4.78 is 0. The van der Waals surface area contributed by atoms with Gasteiger partial charge < -0.3 is 43.2 Å². The van der Waals surface area contributed by atoms with Crippen LogP contribution in [0.3, 0.4) is 0 Å². The summed E-state index contributed by atoms with van der Waals surface area (Å²) in [6.45, 7) is 3.67. The molecule has 3 amide bonds. The van der Waals surface area contributed by atoms with E-state index in [2.05, 4.69) is 25.9 Å². The van der Waals surface area contributed by atoms with E-state index in [0.717, 1.165) is 22.0 Å². The van der Waals surface area contributed by atoms with Crippen molar-refractivity contribution < 1.29 is 24.3 Å². The van der Waals surface area contributed by atoms with Gasteiger partial charge in [-0.3, -0.25) is 19.4 Å². The molecule has 13 heteroatoms. The number of para-hydroxylation sites is 1. The second-order valence-electron chi connectivity index (χ2n) is 11.0. The summed E-state index contributed by atoms with van der Waals surface area (Å²) >= 11 is 0. The van der Waals surface area contributed by atoms with Gasteiger partial charge in [-0.15, -0.1) is 0 Å². The normalized spacial score (nSPS) is 13.8. The maximum Gasteiger partial charge on any atom is 0.326 e. The number of nitrogens with one attached hydrogen (secondary N) is 4. The third-order valence-electron chi connectivity index (χ3n) is 7.17. The highest BCUT2D eigenvalue weighted by Crippen LogP contribution is 2.19. The average Bonchev–Trinajstić information content (AvgIpc) is 3.39. The lowest BCUT2D eigenvalue weighted by Gasteiger charge is -2.27. The van der Waals surface area contributed by atoms with Gasteiger partial charge in [0.15, 0.2) is 5.96 Å². The van der Waals surface area contributed by atoms with Crippen molar-refractivity contribution in [3.05, 3.63) is 71.9 Å². The van der Waals surface area contributed by atoms with Crippen LogP contribution in [0.5, 0.6) is 0 Å². The predicted octanol–water partition coefficient (Wildman–Crippen LogP) is 0.529. The topological polar surface area (TPSA) is 231 Å². The van der Waals surface area contributed by atoms with Crippen LogP contribution in [0.25, 0.3) is 10.9 Å². The Morgan fingerprint density at radius 2 is 1.52 bits per heavy atom. The number of aromatic nitrogens is 1. The van der Waals surface area contributed by atoms with Crippen molar-refractivity contribution in [2.24, 2.45) is 28.1 Å². The number of carboxylic acids is 1. The van der Waals surface area contributed by atoms with Crippen molar-refractivity contribution in [2.75, 3.05) is 6.54 Å². The Kier molecular flexibility index (Phi) is 12.3. The number of carbonyl (C=O) groups is 4. The molecule has 0 aliphatic rings. The van der Waals surface area contributed by atoms with Crippen molar-refractivity contribution in [2.45, 2.75) is 63.7 Å². The highest BCUT2D eigenvalue weighted by Gasteiger charge is 2.32. The number of benzene rings is 2. The molecular weight excluding hydrogens is 564 g/mol. The summed E-state index contributed by atoms with van der Waals surface area (Å²) in [5.74, 6) is -3.53. The molecule has 3 rings (SSSR count). The lowest BCUT2D eigenvalue weighted by molar-refractivity contribution is -0.142. The minimum absolute atomic E-state index is 0.0344. The van der Waals surface area contributed by atoms with Gasteiger partial charge in [-0.25, -0.2) is 4.79 Å². The number of carboxylic acid groups (broad SMARTS) is 1. The number of rotatable bonds is 16. The van der Waals surface area contributed by atoms with Crippen molar-refractivity contribution in [3.63, 3.8) is 0 Å². The molecule has 0 fully saturated rings. The molecule has 0 bridgehead atoms. The largest absolute Gasteiger partial charge is 0.480 e. The van der Waals surface area contributed by atoms with Gasteiger partial charge in [-0.05, 0) is 42.4 Å². The Bertz CT molecular complexity index is 1450. The van der Waals surface area contributed by atoms with Crippen molar-refractivity contribution >= 4 is 40.6 Å². The Labute approximate surface area is 256 Å². The number of carbonyl (C=O) groups excluding carboxylic acids is 3. The standard InChI is InChI=1S/C31H42N8O5/c1-18(2)26(29(42)38-25(30(43)44)16-20-17-36-23-12-7-6-11-21(20)23)39-28(41)24(13-8-14-35-31(33)34)37-27(40)22(32)15-19-9-4-3-5-10-19/h3-7,9-12,17-18,22,24-26,36H,8,13-16,32H2,1-2H3,(H,37,40)(H,38,42)(H,39,41)(H,43,44)(H4,33,34,35). The van der Waals surface area contributed by atoms with E-state index in [9.17, 15) is 24.3 Å². The molecule has 0 saturated carbocycles. The Morgan fingerprint density at radius 3 is 2.18 bits per heavy atom. The van der Waals surface area contributed by atoms with E-state index in [1.807, 2.05) is 54.6 Å². The number of hydrogen-bond acceptors (Lipinski definition) is 6. The third-order valence-corrected chi connectivity index (χ3v) is 7.17. The molecule has 1 aromatic heterocycles. The fraction of sp³-hybridized carbons (Fsp3) is 0.387. The third kappa shape index (κ3) is 9.83. The van der Waals surface area contributed by atoms with Crippen LogP contribution in [0.15, 0.2) is 65.8 Å². The Hall–Kier alpha value is -4.91. The van der Waals surface area contributed by atoms with Gasteiger partial charge in [0, 0.05) is 30.1 Å². The summed E-state index contributed by atoms with van der Waals surface area (Å²) in [7, 11) is 0. The number of aliphatic carboxylic acids is 1. The summed E-state index contributed by atoms with van der Waals surface area (Å²) in [6, 6.07) is 12.4. The first-order chi connectivity index (χ1) is 21.0. The van der Waals surface area contributed by atoms with E-state index in [1.54, 1.807) is 20.0 Å². The van der Waals surface area contributed by atoms with Gasteiger partial charge in [-0.2, -0.15) is 0 Å². The maximum absolute atomic E-state index is 13.5. The van der Waals surface area contributed by atoms with Crippen LogP contribution in [0, 0.1) is 5.92 Å². The van der Waals surface area contributed by atoms with Gasteiger partial charge in [0.05, 0.1) is 6.04 Å². The Balaban J connectivity index is 1.71. The molecule has 1 heterocycles. The molecule has 4 atom stereocenters. The SMILES string of the molecule is CC(C)C(NC(=O)C(CCCN=C(N)N)NC(=O)C(N)Cc1ccccc1)C(=O)NC(Cc1c[nH]c2ccccc12)C(=O)O. The minimum atomic E-state index is -1.24. The van der Waals surface area contributed by atoms with Crippen LogP contribution in [0.1, 0.15) is 37.8 Å². The fourth-order valence-corrected chi connectivity index (χ4v) is 4.78. The number of aromatic amines is 1. The molecule has 0 aliphatic carbocycles. The number of nitrogens with zero attached hydrogens (tertiary/aromatic N) is 1. The highest BCUT2D eigenvalue weighted by molar-refractivity contribution is 5.94. The zero-order chi connectivity index (χ0) is 32.2. The van der Waals surface area contributed by atoms with Crippen molar-refractivity contribution in [1.29, 1.82) is 0 Å². The van der Waals surface area contributed by atoms with Gasteiger partial charge in [0.25, 0.3) is 0 Å². The lowest BCUT2D eigenvalue weighted by atomic mass is 10.00. The number of guanidine groups is 1. The van der Waals surface area contributed by atoms with Gasteiger partial charge >= 0.3 is 5.97 Å². The van der Waals surface area contributed by atoms with Gasteiger partial charge in [0.1, 0.15) is 18.1 Å². The monoisotopic (exact) mass is 606 g/mol. The first-order valence-corrected chi connectivity index (χ1v) is 14.5. The van der Waals surface area contributed by atoms with E-state index in [-0.39, 0.29) is 31.8 Å². The van der Waals surface area contributed by atoms with E-state index in [4.69, 9.17) is 17.2 Å². The summed E-state index contributed by atoms with van der Waals surface area (Å²) in [6.07, 6.45) is 2.53. The van der Waals surface area contributed by atoms with Crippen LogP contribution in [-0.4, -0.2) is 70.5 Å². The molecule has 0 saturated heterocycles. The lowest BCUT2D eigenvalue weighted by Crippen LogP contribution is -2.58. The zero-order valence-electron chi connectivity index (χ0n) is 25.0. The number of nitrogens with two attached hydrogens (primary N) is 3. The van der Waals surface area contributed by atoms with Crippen LogP contribution < -0.4 is 33.2 Å². The van der Waals surface area contributed by atoms with Crippen molar-refractivity contribution in [3.8, 4) is 0 Å². The van der Waals surface area contributed by atoms with E-state index >= 15 is 0 Å². The first kappa shape index (κ1) is 33.6. The molecule has 44 heavy (non-hydrogen) atoms. The molecule has 236 valence electrons. The Morgan fingerprint density at radius 1 is 0.864 bits per heavy atom. The number of H-pyrrole nitrogens is 1. The molecule has 4 unspecified atom stereocenters. The van der Waals surface area contributed by atoms with Crippen LogP contribution in [0.4, 0.5) is 0 Å². The van der Waals surface area contributed by atoms with E-state index in [1.165, 1.54) is 0 Å². The predicted molar refractivity (Wildman–Crippen MR) is 168 cm³/mol. The molecule has 11 N–H and O–H groups in total. The molecule has 0 spiro atoms. The van der Waals surface area contributed by atoms with E-state index < -0.39 is 53.8 Å². The van der Waals surface area contributed by atoms with Crippen molar-refractivity contribution in [1.82, 2.24) is 20.9 Å². The molecule has 0 radical (unpaired) electrons.